The fourth-order valence-electron chi connectivity index (χ4n) is 5.85. The van der Waals surface area contributed by atoms with Gasteiger partial charge < -0.3 is 15.2 Å². The molecule has 46 heavy (non-hydrogen) atoms. The van der Waals surface area contributed by atoms with Crippen molar-refractivity contribution in [3.05, 3.63) is 96.6 Å². The molecule has 4 rings (SSSR count). The molecule has 4 aromatic rings. The number of fused-ring (bicyclic) bond motifs is 1. The third kappa shape index (κ3) is 10.4. The Kier molecular flexibility index (Phi) is 14.5. The lowest BCUT2D eigenvalue weighted by molar-refractivity contribution is 0.0950. The molecule has 0 spiro atoms. The van der Waals surface area contributed by atoms with E-state index in [0.717, 1.165) is 19.3 Å². The number of nitrogens with zero attached hydrogens (tertiary/aromatic N) is 1. The van der Waals surface area contributed by atoms with Gasteiger partial charge >= 0.3 is 6.09 Å². The second-order valence-corrected chi connectivity index (χ2v) is 12.0. The number of anilines is 2. The molecule has 0 unspecified atom stereocenters. The minimum absolute atomic E-state index is 0.0813. The van der Waals surface area contributed by atoms with Gasteiger partial charge in [0.05, 0.1) is 16.9 Å². The predicted octanol–water partition coefficient (Wildman–Crippen LogP) is 11.1. The van der Waals surface area contributed by atoms with Crippen molar-refractivity contribution in [3.8, 4) is 11.5 Å². The first kappa shape index (κ1) is 34.6. The summed E-state index contributed by atoms with van der Waals surface area (Å²) in [4.78, 5) is 28.4. The zero-order valence-corrected chi connectivity index (χ0v) is 27.4. The predicted molar refractivity (Wildman–Crippen MR) is 189 cm³/mol. The van der Waals surface area contributed by atoms with E-state index in [1.54, 1.807) is 24.3 Å². The van der Waals surface area contributed by atoms with E-state index in [2.05, 4.69) is 12.2 Å². The van der Waals surface area contributed by atoms with E-state index < -0.39 is 12.0 Å². The van der Waals surface area contributed by atoms with E-state index in [-0.39, 0.29) is 17.1 Å². The standard InChI is InChI=1S/C40H50N2O4/c1-2-3-4-5-6-7-8-9-10-11-12-13-14-23-30-41-39(44)36-31-37(34-28-21-22-29-35(34)38(36)43)46-40(45)42(32-24-17-15-18-25-32)33-26-19-16-20-27-33/h15-22,24-29,31,43H,2-14,23,30H2,1H3,(H,41,44). The molecule has 0 saturated carbocycles. The SMILES string of the molecule is CCCCCCCCCCCCCCCCNC(=O)c1cc(OC(=O)N(c2ccccc2)c2ccccc2)c2ccccc2c1O. The number of phenolic OH excluding ortho intramolecular Hbond substituents is 1. The summed E-state index contributed by atoms with van der Waals surface area (Å²) in [5.41, 5.74) is 1.37. The molecule has 0 aliphatic heterocycles. The molecular formula is C40H50N2O4. The number of aromatic hydroxyl groups is 1. The lowest BCUT2D eigenvalue weighted by Gasteiger charge is -2.23. The summed E-state index contributed by atoms with van der Waals surface area (Å²) in [7, 11) is 0. The molecule has 0 atom stereocenters. The van der Waals surface area contributed by atoms with Gasteiger partial charge in [-0.2, -0.15) is 0 Å². The van der Waals surface area contributed by atoms with Gasteiger partial charge in [0.15, 0.2) is 0 Å². The Hall–Kier alpha value is -4.32. The fraction of sp³-hybridized carbons (Fsp3) is 0.400. The van der Waals surface area contributed by atoms with Crippen molar-refractivity contribution in [1.29, 1.82) is 0 Å². The van der Waals surface area contributed by atoms with E-state index in [0.29, 0.717) is 28.7 Å². The number of phenols is 1. The summed E-state index contributed by atoms with van der Waals surface area (Å²) in [6, 6.07) is 27.1. The van der Waals surface area contributed by atoms with Gasteiger partial charge in [0, 0.05) is 17.3 Å². The number of carbonyl (C=O) groups excluding carboxylic acids is 2. The number of benzene rings is 4. The first-order valence-electron chi connectivity index (χ1n) is 17.2. The maximum Gasteiger partial charge on any atom is 0.424 e. The van der Waals surface area contributed by atoms with Crippen LogP contribution in [0.4, 0.5) is 16.2 Å². The normalized spacial score (nSPS) is 11.0. The van der Waals surface area contributed by atoms with E-state index in [4.69, 9.17) is 4.74 Å². The quantitative estimate of drug-likeness (QED) is 0.102. The molecule has 2 N–H and O–H groups in total. The Morgan fingerprint density at radius 2 is 1.09 bits per heavy atom. The third-order valence-electron chi connectivity index (χ3n) is 8.45. The molecule has 0 aliphatic carbocycles. The van der Waals surface area contributed by atoms with Crippen molar-refractivity contribution in [3.63, 3.8) is 0 Å². The Labute approximate surface area is 274 Å². The van der Waals surface area contributed by atoms with Crippen molar-refractivity contribution >= 4 is 34.1 Å². The zero-order valence-electron chi connectivity index (χ0n) is 27.4. The second kappa shape index (κ2) is 19.3. The van der Waals surface area contributed by atoms with Crippen LogP contribution in [0.1, 0.15) is 107 Å². The van der Waals surface area contributed by atoms with Gasteiger partial charge in [0.2, 0.25) is 0 Å². The molecule has 0 aromatic heterocycles. The third-order valence-corrected chi connectivity index (χ3v) is 8.45. The first-order chi connectivity index (χ1) is 22.6. The summed E-state index contributed by atoms with van der Waals surface area (Å²) in [5.74, 6) is -0.313. The van der Waals surface area contributed by atoms with Crippen LogP contribution in [-0.2, 0) is 0 Å². The highest BCUT2D eigenvalue weighted by molar-refractivity contribution is 6.07. The summed E-state index contributed by atoms with van der Waals surface area (Å²) >= 11 is 0. The minimum atomic E-state index is -0.623. The van der Waals surface area contributed by atoms with Crippen molar-refractivity contribution in [2.24, 2.45) is 0 Å². The molecule has 0 radical (unpaired) electrons. The van der Waals surface area contributed by atoms with Gasteiger partial charge in [-0.1, -0.05) is 151 Å². The average molecular weight is 623 g/mol. The van der Waals surface area contributed by atoms with Crippen LogP contribution in [0.15, 0.2) is 91.0 Å². The van der Waals surface area contributed by atoms with Crippen LogP contribution >= 0.6 is 0 Å². The van der Waals surface area contributed by atoms with E-state index in [9.17, 15) is 14.7 Å². The number of amides is 2. The molecule has 0 fully saturated rings. The molecule has 2 amide bonds. The molecule has 0 bridgehead atoms. The molecule has 244 valence electrons. The number of hydrogen-bond acceptors (Lipinski definition) is 4. The average Bonchev–Trinajstić information content (AvgIpc) is 3.08. The van der Waals surface area contributed by atoms with Crippen LogP contribution in [0.3, 0.4) is 0 Å². The molecule has 6 heteroatoms. The molecule has 0 aliphatic rings. The highest BCUT2D eigenvalue weighted by atomic mass is 16.6. The summed E-state index contributed by atoms with van der Waals surface area (Å²) < 4.78 is 5.97. The van der Waals surface area contributed by atoms with E-state index in [1.807, 2.05) is 60.7 Å². The van der Waals surface area contributed by atoms with Gasteiger partial charge in [-0.3, -0.25) is 4.79 Å². The molecule has 0 saturated heterocycles. The smallest absolute Gasteiger partial charge is 0.424 e. The molecule has 6 nitrogen and oxygen atoms in total. The lowest BCUT2D eigenvalue weighted by atomic mass is 10.0. The van der Waals surface area contributed by atoms with Crippen LogP contribution in [-0.4, -0.2) is 23.7 Å². The van der Waals surface area contributed by atoms with Crippen molar-refractivity contribution < 1.29 is 19.4 Å². The number of carbonyl (C=O) groups is 2. The lowest BCUT2D eigenvalue weighted by Crippen LogP contribution is -2.29. The van der Waals surface area contributed by atoms with Crippen LogP contribution in [0, 0.1) is 0 Å². The maximum atomic E-state index is 13.7. The topological polar surface area (TPSA) is 78.9 Å². The Morgan fingerprint density at radius 3 is 1.61 bits per heavy atom. The Morgan fingerprint density at radius 1 is 0.630 bits per heavy atom. The van der Waals surface area contributed by atoms with Gasteiger partial charge in [-0.25, -0.2) is 9.69 Å². The van der Waals surface area contributed by atoms with Crippen LogP contribution in [0.25, 0.3) is 10.8 Å². The van der Waals surface area contributed by atoms with Gasteiger partial charge in [-0.05, 0) is 36.8 Å². The fourth-order valence-corrected chi connectivity index (χ4v) is 5.85. The minimum Gasteiger partial charge on any atom is -0.506 e. The number of para-hydroxylation sites is 2. The maximum absolute atomic E-state index is 13.7. The summed E-state index contributed by atoms with van der Waals surface area (Å²) in [6.07, 6.45) is 17.2. The summed E-state index contributed by atoms with van der Waals surface area (Å²) in [5, 5.41) is 15.0. The highest BCUT2D eigenvalue weighted by Gasteiger charge is 2.24. The Balaban J connectivity index is 1.30. The van der Waals surface area contributed by atoms with E-state index >= 15 is 0 Å². The largest absolute Gasteiger partial charge is 0.506 e. The monoisotopic (exact) mass is 622 g/mol. The number of hydrogen-bond donors (Lipinski definition) is 2. The molecule has 4 aromatic carbocycles. The number of nitrogens with one attached hydrogen (secondary N) is 1. The van der Waals surface area contributed by atoms with E-state index in [1.165, 1.54) is 81.6 Å². The van der Waals surface area contributed by atoms with Gasteiger partial charge in [0.1, 0.15) is 11.5 Å². The number of ether oxygens (including phenoxy) is 1. The van der Waals surface area contributed by atoms with Gasteiger partial charge in [0.25, 0.3) is 5.91 Å². The first-order valence-corrected chi connectivity index (χ1v) is 17.2. The molecular weight excluding hydrogens is 572 g/mol. The van der Waals surface area contributed by atoms with Gasteiger partial charge in [-0.15, -0.1) is 0 Å². The van der Waals surface area contributed by atoms with Crippen LogP contribution in [0.2, 0.25) is 0 Å². The molecule has 0 heterocycles. The second-order valence-electron chi connectivity index (χ2n) is 12.0. The van der Waals surface area contributed by atoms with Crippen molar-refractivity contribution in [2.75, 3.05) is 11.4 Å². The van der Waals surface area contributed by atoms with Crippen LogP contribution < -0.4 is 15.0 Å². The van der Waals surface area contributed by atoms with Crippen LogP contribution in [0.5, 0.6) is 11.5 Å². The van der Waals surface area contributed by atoms with Crippen molar-refractivity contribution in [1.82, 2.24) is 5.32 Å². The number of unbranched alkanes of at least 4 members (excludes halogenated alkanes) is 13. The highest BCUT2D eigenvalue weighted by Crippen LogP contribution is 2.37. The number of rotatable bonds is 19. The Bertz CT molecular complexity index is 1450. The summed E-state index contributed by atoms with van der Waals surface area (Å²) in [6.45, 7) is 2.78. The zero-order chi connectivity index (χ0) is 32.4. The van der Waals surface area contributed by atoms with Crippen molar-refractivity contribution in [2.45, 2.75) is 96.8 Å².